The Hall–Kier alpha value is -3.37. The highest BCUT2D eigenvalue weighted by Gasteiger charge is 2.40. The molecule has 45 heavy (non-hydrogen) atoms. The number of ether oxygens (including phenoxy) is 3. The molecule has 0 aromatic heterocycles. The number of carbonyl (C=O) groups excluding carboxylic acids is 2. The van der Waals surface area contributed by atoms with Gasteiger partial charge in [-0.3, -0.25) is 9.59 Å². The summed E-state index contributed by atoms with van der Waals surface area (Å²) in [6.07, 6.45) is -2.25. The van der Waals surface area contributed by atoms with Gasteiger partial charge in [0.05, 0.1) is 13.5 Å². The van der Waals surface area contributed by atoms with Crippen LogP contribution >= 0.6 is 24.0 Å². The van der Waals surface area contributed by atoms with Crippen LogP contribution in [0.15, 0.2) is 60.7 Å². The summed E-state index contributed by atoms with van der Waals surface area (Å²) in [7, 11) is 5.48. The summed E-state index contributed by atoms with van der Waals surface area (Å²) in [6, 6.07) is 17.1. The van der Waals surface area contributed by atoms with Crippen LogP contribution in [-0.4, -0.2) is 63.7 Å². The Bertz CT molecular complexity index is 1480. The smallest absolute Gasteiger partial charge is 0.256 e. The second-order valence-corrected chi connectivity index (χ2v) is 12.7. The van der Waals surface area contributed by atoms with Crippen LogP contribution < -0.4 is 19.7 Å². The van der Waals surface area contributed by atoms with E-state index in [0.717, 1.165) is 0 Å². The van der Waals surface area contributed by atoms with Gasteiger partial charge in [0.2, 0.25) is 5.91 Å². The first-order valence-corrected chi connectivity index (χ1v) is 15.0. The van der Waals surface area contributed by atoms with Crippen molar-refractivity contribution in [2.24, 2.45) is 5.41 Å². The van der Waals surface area contributed by atoms with Crippen molar-refractivity contribution in [3.8, 4) is 11.5 Å². The highest BCUT2D eigenvalue weighted by molar-refractivity contribution is 6.30. The molecule has 4 rings (SSSR count). The van der Waals surface area contributed by atoms with Crippen LogP contribution in [0.5, 0.6) is 11.5 Å². The molecule has 0 saturated carbocycles. The zero-order valence-electron chi connectivity index (χ0n) is 26.6. The van der Waals surface area contributed by atoms with Gasteiger partial charge in [0.15, 0.2) is 11.5 Å². The Morgan fingerprint density at radius 2 is 1.82 bits per heavy atom. The topological polar surface area (TPSA) is 80.3 Å². The van der Waals surface area contributed by atoms with E-state index < -0.39 is 23.9 Å². The molecule has 8 nitrogen and oxygen atoms in total. The molecule has 11 heteroatoms. The Morgan fingerprint density at radius 3 is 2.49 bits per heavy atom. The lowest BCUT2D eigenvalue weighted by atomic mass is 9.94. The van der Waals surface area contributed by atoms with Crippen molar-refractivity contribution in [2.45, 2.75) is 45.9 Å². The number of nitrogens with zero attached hydrogens (tertiary/aromatic N) is 2. The largest absolute Gasteiger partial charge is 0.492 e. The lowest BCUT2D eigenvalue weighted by Gasteiger charge is -2.31. The minimum atomic E-state index is -1.16. The molecule has 2 unspecified atom stereocenters. The van der Waals surface area contributed by atoms with Gasteiger partial charge in [-0.2, -0.15) is 0 Å². The predicted molar refractivity (Wildman–Crippen MR) is 177 cm³/mol. The van der Waals surface area contributed by atoms with Crippen molar-refractivity contribution in [1.82, 2.24) is 10.2 Å². The SMILES string of the molecule is COc1c(OCCN(C)C)cccc1C1OC(CC(=O)NCc2ccccc2F)C(=O)N(CC(C)(C)C)c2ccc(Cl)cc21.Cl. The Balaban J connectivity index is 0.00000552. The minimum absolute atomic E-state index is 0. The van der Waals surface area contributed by atoms with E-state index in [-0.39, 0.29) is 36.7 Å². The van der Waals surface area contributed by atoms with Gasteiger partial charge >= 0.3 is 0 Å². The van der Waals surface area contributed by atoms with Crippen LogP contribution in [0.25, 0.3) is 0 Å². The van der Waals surface area contributed by atoms with Crippen molar-refractivity contribution in [3.63, 3.8) is 0 Å². The van der Waals surface area contributed by atoms with E-state index in [1.54, 1.807) is 42.3 Å². The van der Waals surface area contributed by atoms with E-state index in [0.29, 0.717) is 58.6 Å². The fraction of sp³-hybridized carbons (Fsp3) is 0.412. The maximum Gasteiger partial charge on any atom is 0.256 e. The zero-order chi connectivity index (χ0) is 32.0. The van der Waals surface area contributed by atoms with E-state index in [4.69, 9.17) is 25.8 Å². The number of benzene rings is 3. The highest BCUT2D eigenvalue weighted by Crippen LogP contribution is 2.45. The molecule has 2 atom stereocenters. The lowest BCUT2D eigenvalue weighted by Crippen LogP contribution is -2.45. The Kier molecular flexibility index (Phi) is 12.6. The third-order valence-corrected chi connectivity index (χ3v) is 7.37. The Labute approximate surface area is 276 Å². The summed E-state index contributed by atoms with van der Waals surface area (Å²) in [5.41, 5.74) is 1.99. The number of para-hydroxylation sites is 1. The predicted octanol–water partition coefficient (Wildman–Crippen LogP) is 6.42. The molecule has 0 bridgehead atoms. The van der Waals surface area contributed by atoms with Crippen molar-refractivity contribution in [2.75, 3.05) is 45.8 Å². The fourth-order valence-electron chi connectivity index (χ4n) is 5.07. The monoisotopic (exact) mass is 661 g/mol. The van der Waals surface area contributed by atoms with Crippen molar-refractivity contribution >= 4 is 41.5 Å². The third kappa shape index (κ3) is 9.33. The summed E-state index contributed by atoms with van der Waals surface area (Å²) in [5, 5.41) is 3.21. The molecule has 1 heterocycles. The second-order valence-electron chi connectivity index (χ2n) is 12.3. The number of likely N-dealkylation sites (N-methyl/N-ethyl adjacent to an activating group) is 1. The number of hydrogen-bond acceptors (Lipinski definition) is 6. The van der Waals surface area contributed by atoms with Gasteiger partial charge in [-0.15, -0.1) is 12.4 Å². The molecule has 0 fully saturated rings. The summed E-state index contributed by atoms with van der Waals surface area (Å²) in [5.74, 6) is -0.234. The number of hydrogen-bond donors (Lipinski definition) is 1. The number of methoxy groups -OCH3 is 1. The first kappa shape index (κ1) is 36.1. The molecule has 2 amide bonds. The lowest BCUT2D eigenvalue weighted by molar-refractivity contribution is -0.138. The molecule has 3 aromatic carbocycles. The fourth-order valence-corrected chi connectivity index (χ4v) is 5.25. The third-order valence-electron chi connectivity index (χ3n) is 7.13. The van der Waals surface area contributed by atoms with Gasteiger partial charge in [0, 0.05) is 47.0 Å². The molecule has 1 aliphatic rings. The molecule has 244 valence electrons. The summed E-state index contributed by atoms with van der Waals surface area (Å²) in [4.78, 5) is 31.1. The van der Waals surface area contributed by atoms with E-state index in [2.05, 4.69) is 5.32 Å². The van der Waals surface area contributed by atoms with E-state index in [9.17, 15) is 14.0 Å². The minimum Gasteiger partial charge on any atom is -0.492 e. The molecule has 0 aliphatic carbocycles. The van der Waals surface area contributed by atoms with Crippen molar-refractivity contribution < 1.29 is 28.2 Å². The van der Waals surface area contributed by atoms with Crippen LogP contribution in [0.2, 0.25) is 5.02 Å². The summed E-state index contributed by atoms with van der Waals surface area (Å²) >= 11 is 6.52. The molecule has 0 saturated heterocycles. The number of nitrogens with one attached hydrogen (secondary N) is 1. The van der Waals surface area contributed by atoms with Gasteiger partial charge < -0.3 is 29.3 Å². The number of amides is 2. The number of fused-ring (bicyclic) bond motifs is 1. The van der Waals surface area contributed by atoms with Gasteiger partial charge in [0.25, 0.3) is 5.91 Å². The van der Waals surface area contributed by atoms with E-state index in [1.807, 2.05) is 64.0 Å². The maximum atomic E-state index is 14.2. The van der Waals surface area contributed by atoms with Gasteiger partial charge in [-0.05, 0) is 49.8 Å². The van der Waals surface area contributed by atoms with Crippen molar-refractivity contribution in [3.05, 3.63) is 88.2 Å². The van der Waals surface area contributed by atoms with Crippen LogP contribution in [-0.2, 0) is 20.9 Å². The maximum absolute atomic E-state index is 14.2. The van der Waals surface area contributed by atoms with Gasteiger partial charge in [0.1, 0.15) is 24.6 Å². The molecule has 0 radical (unpaired) electrons. The quantitative estimate of drug-likeness (QED) is 0.255. The molecule has 3 aromatic rings. The molecular weight excluding hydrogens is 620 g/mol. The average Bonchev–Trinajstić information content (AvgIpc) is 3.06. The first-order valence-electron chi connectivity index (χ1n) is 14.6. The number of carbonyl (C=O) groups is 2. The molecule has 1 N–H and O–H groups in total. The number of rotatable bonds is 11. The van der Waals surface area contributed by atoms with Crippen molar-refractivity contribution in [1.29, 1.82) is 0 Å². The van der Waals surface area contributed by atoms with E-state index >= 15 is 0 Å². The normalized spacial score (nSPS) is 16.5. The Morgan fingerprint density at radius 1 is 1.09 bits per heavy atom. The summed E-state index contributed by atoms with van der Waals surface area (Å²) in [6.45, 7) is 7.59. The number of anilines is 1. The summed E-state index contributed by atoms with van der Waals surface area (Å²) < 4.78 is 32.7. The molecular formula is C34H42Cl2FN3O5. The van der Waals surface area contributed by atoms with E-state index in [1.165, 1.54) is 6.07 Å². The average molecular weight is 663 g/mol. The zero-order valence-corrected chi connectivity index (χ0v) is 28.1. The standard InChI is InChI=1S/C34H41ClFN3O5.ClH/c1-34(2,3)21-39-27-15-14-23(35)18-25(27)31(24-11-9-13-28(32(24)42-6)43-17-16-38(4)5)44-29(33(39)41)19-30(40)37-20-22-10-7-8-12-26(22)36;/h7-15,18,29,31H,16-17,19-21H2,1-6H3,(H,37,40);1H. The van der Waals surface area contributed by atoms with Crippen LogP contribution in [0.4, 0.5) is 10.1 Å². The van der Waals surface area contributed by atoms with Crippen LogP contribution in [0.3, 0.4) is 0 Å². The molecule has 0 spiro atoms. The first-order chi connectivity index (χ1) is 20.9. The number of halogens is 3. The highest BCUT2D eigenvalue weighted by atomic mass is 35.5. The molecule has 1 aliphatic heterocycles. The van der Waals surface area contributed by atoms with Gasteiger partial charge in [-0.25, -0.2) is 4.39 Å². The van der Waals surface area contributed by atoms with Crippen LogP contribution in [0, 0.1) is 11.2 Å². The van der Waals surface area contributed by atoms with Gasteiger partial charge in [-0.1, -0.05) is 62.7 Å². The second kappa shape index (κ2) is 15.8. The van der Waals surface area contributed by atoms with Crippen LogP contribution in [0.1, 0.15) is 50.0 Å².